The number of urea groups is 1. The Kier molecular flexibility index (Phi) is 4.83. The van der Waals surface area contributed by atoms with Gasteiger partial charge >= 0.3 is 12.2 Å². The number of benzene rings is 2. The van der Waals surface area contributed by atoms with Crippen LogP contribution in [0.4, 0.5) is 23.7 Å². The molecule has 2 rings (SSSR count). The first kappa shape index (κ1) is 17.8. The number of nitrogens with one attached hydrogen (secondary N) is 1. The highest BCUT2D eigenvalue weighted by Gasteiger charge is 2.30. The summed E-state index contributed by atoms with van der Waals surface area (Å²) >= 11 is 0. The zero-order chi connectivity index (χ0) is 18.0. The van der Waals surface area contributed by atoms with Crippen molar-refractivity contribution >= 4 is 21.6 Å². The van der Waals surface area contributed by atoms with Crippen LogP contribution in [0.2, 0.25) is 0 Å². The maximum absolute atomic E-state index is 13.0. The Labute approximate surface area is 137 Å². The molecular formula is C15H14F3N3O2S. The molecule has 2 aromatic carbocycles. The molecule has 0 aromatic heterocycles. The van der Waals surface area contributed by atoms with Crippen molar-refractivity contribution < 1.29 is 22.2 Å². The van der Waals surface area contributed by atoms with Crippen LogP contribution in [0.15, 0.2) is 57.8 Å². The van der Waals surface area contributed by atoms with E-state index in [1.165, 1.54) is 12.1 Å². The molecule has 5 nitrogen and oxygen atoms in total. The normalized spacial score (nSPS) is 13.8. The van der Waals surface area contributed by atoms with Crippen LogP contribution >= 0.6 is 0 Å². The van der Waals surface area contributed by atoms with E-state index in [0.29, 0.717) is 0 Å². The number of hydrogen-bond acceptors (Lipinski definition) is 2. The van der Waals surface area contributed by atoms with Gasteiger partial charge in [-0.05, 0) is 43.3 Å². The molecule has 0 aliphatic heterocycles. The van der Waals surface area contributed by atoms with Crippen molar-refractivity contribution in [2.75, 3.05) is 4.72 Å². The fourth-order valence-electron chi connectivity index (χ4n) is 1.87. The largest absolute Gasteiger partial charge is 0.416 e. The number of carbonyl (C=O) groups is 1. The van der Waals surface area contributed by atoms with E-state index < -0.39 is 27.7 Å². The van der Waals surface area contributed by atoms with Crippen LogP contribution in [0.1, 0.15) is 11.1 Å². The zero-order valence-electron chi connectivity index (χ0n) is 12.5. The number of carbonyl (C=O) groups excluding carboxylic acids is 1. The van der Waals surface area contributed by atoms with Gasteiger partial charge in [0.1, 0.15) is 0 Å². The summed E-state index contributed by atoms with van der Waals surface area (Å²) in [5.41, 5.74) is 5.17. The Hall–Kier alpha value is -2.55. The van der Waals surface area contributed by atoms with Gasteiger partial charge in [-0.2, -0.15) is 13.2 Å². The fraction of sp³-hybridized carbons (Fsp3) is 0.133. The number of rotatable bonds is 3. The Balaban J connectivity index is 2.42. The smallest absolute Gasteiger partial charge is 0.349 e. The number of nitrogens with two attached hydrogens (primary N) is 1. The van der Waals surface area contributed by atoms with Crippen LogP contribution in [-0.4, -0.2) is 10.2 Å². The van der Waals surface area contributed by atoms with Crippen LogP contribution in [0.5, 0.6) is 0 Å². The van der Waals surface area contributed by atoms with Crippen molar-refractivity contribution in [2.45, 2.75) is 18.0 Å². The predicted octanol–water partition coefficient (Wildman–Crippen LogP) is 3.95. The molecule has 1 unspecified atom stereocenters. The van der Waals surface area contributed by atoms with Gasteiger partial charge in [-0.25, -0.2) is 9.00 Å². The molecule has 1 atom stereocenters. The first-order chi connectivity index (χ1) is 11.1. The second-order valence-corrected chi connectivity index (χ2v) is 6.86. The lowest BCUT2D eigenvalue weighted by Gasteiger charge is -2.14. The van der Waals surface area contributed by atoms with Crippen molar-refractivity contribution in [3.05, 3.63) is 59.7 Å². The quantitative estimate of drug-likeness (QED) is 0.872. The number of anilines is 1. The summed E-state index contributed by atoms with van der Waals surface area (Å²) in [6, 6.07) is 9.06. The molecule has 2 amide bonds. The molecule has 0 aliphatic rings. The fourth-order valence-corrected chi connectivity index (χ4v) is 3.35. The van der Waals surface area contributed by atoms with Crippen LogP contribution in [-0.2, 0) is 16.1 Å². The lowest BCUT2D eigenvalue weighted by molar-refractivity contribution is -0.137. The second-order valence-electron chi connectivity index (χ2n) is 4.95. The number of nitrogens with zero attached hydrogens (tertiary/aromatic N) is 1. The molecule has 3 N–H and O–H groups in total. The maximum Gasteiger partial charge on any atom is 0.416 e. The summed E-state index contributed by atoms with van der Waals surface area (Å²) in [7, 11) is -3.47. The van der Waals surface area contributed by atoms with Gasteiger partial charge in [0.25, 0.3) is 0 Å². The first-order valence-electron chi connectivity index (χ1n) is 6.68. The Morgan fingerprint density at radius 3 is 2.08 bits per heavy atom. The van der Waals surface area contributed by atoms with E-state index in [-0.39, 0.29) is 10.6 Å². The van der Waals surface area contributed by atoms with Crippen LogP contribution in [0, 0.1) is 6.92 Å². The minimum absolute atomic E-state index is 0.110. The Morgan fingerprint density at radius 2 is 1.62 bits per heavy atom. The molecular weight excluding hydrogens is 343 g/mol. The van der Waals surface area contributed by atoms with Gasteiger partial charge in [-0.15, -0.1) is 4.36 Å². The van der Waals surface area contributed by atoms with E-state index in [2.05, 4.69) is 9.08 Å². The van der Waals surface area contributed by atoms with Crippen molar-refractivity contribution in [3.63, 3.8) is 0 Å². The highest BCUT2D eigenvalue weighted by Crippen LogP contribution is 2.30. The van der Waals surface area contributed by atoms with Gasteiger partial charge in [0.15, 0.2) is 9.92 Å². The number of amides is 2. The van der Waals surface area contributed by atoms with Crippen molar-refractivity contribution in [3.8, 4) is 0 Å². The zero-order valence-corrected chi connectivity index (χ0v) is 13.3. The van der Waals surface area contributed by atoms with Gasteiger partial charge in [-0.3, -0.25) is 4.72 Å². The number of alkyl halides is 3. The van der Waals surface area contributed by atoms with Gasteiger partial charge in [0, 0.05) is 5.69 Å². The monoisotopic (exact) mass is 357 g/mol. The third-order valence-corrected chi connectivity index (χ3v) is 4.89. The number of halogens is 3. The number of aryl methyl sites for hydroxylation is 1. The standard InChI is InChI=1S/C15H14F3N3O2S/c1-10-2-8-13(9-3-10)24(23,21-14(19)22)20-12-6-4-11(5-7-12)15(16,17)18/h2-9H,1H3,(H3,19,20,21,22,23). The van der Waals surface area contributed by atoms with E-state index >= 15 is 0 Å². The minimum atomic E-state index is -4.48. The van der Waals surface area contributed by atoms with E-state index in [1.807, 2.05) is 6.92 Å². The molecule has 9 heteroatoms. The Morgan fingerprint density at radius 1 is 1.08 bits per heavy atom. The van der Waals surface area contributed by atoms with E-state index in [9.17, 15) is 22.2 Å². The van der Waals surface area contributed by atoms with Gasteiger partial charge in [0.2, 0.25) is 0 Å². The van der Waals surface area contributed by atoms with Crippen molar-refractivity contribution in [1.82, 2.24) is 0 Å². The molecule has 0 bridgehead atoms. The first-order valence-corrected chi connectivity index (χ1v) is 8.20. The molecule has 0 spiro atoms. The highest BCUT2D eigenvalue weighted by molar-refractivity contribution is 7.95. The van der Waals surface area contributed by atoms with E-state index in [4.69, 9.17) is 5.73 Å². The van der Waals surface area contributed by atoms with Gasteiger partial charge in [-0.1, -0.05) is 17.7 Å². The Bertz CT molecular complexity index is 853. The summed E-state index contributed by atoms with van der Waals surface area (Å²) in [5.74, 6) is 0. The van der Waals surface area contributed by atoms with Crippen molar-refractivity contribution in [2.24, 2.45) is 10.1 Å². The van der Waals surface area contributed by atoms with Gasteiger partial charge in [0.05, 0.1) is 10.5 Å². The number of hydrogen-bond donors (Lipinski definition) is 2. The molecule has 128 valence electrons. The van der Waals surface area contributed by atoms with Crippen LogP contribution in [0.3, 0.4) is 0 Å². The lowest BCUT2D eigenvalue weighted by Crippen LogP contribution is -2.18. The van der Waals surface area contributed by atoms with E-state index in [1.54, 1.807) is 12.1 Å². The molecule has 0 aliphatic carbocycles. The predicted molar refractivity (Wildman–Crippen MR) is 84.7 cm³/mol. The second kappa shape index (κ2) is 6.52. The summed E-state index contributed by atoms with van der Waals surface area (Å²) in [4.78, 5) is 11.3. The topological polar surface area (TPSA) is 84.6 Å². The summed E-state index contributed by atoms with van der Waals surface area (Å²) < 4.78 is 56.6. The van der Waals surface area contributed by atoms with E-state index in [0.717, 1.165) is 29.8 Å². The maximum atomic E-state index is 13.0. The lowest BCUT2D eigenvalue weighted by atomic mass is 10.2. The molecule has 0 fully saturated rings. The van der Waals surface area contributed by atoms with Gasteiger partial charge < -0.3 is 5.73 Å². The summed E-state index contributed by atoms with van der Waals surface area (Å²) in [6.07, 6.45) is -4.48. The van der Waals surface area contributed by atoms with Crippen molar-refractivity contribution in [1.29, 1.82) is 0 Å². The molecule has 0 radical (unpaired) electrons. The third-order valence-electron chi connectivity index (χ3n) is 3.03. The van der Waals surface area contributed by atoms with Crippen LogP contribution < -0.4 is 10.5 Å². The minimum Gasteiger partial charge on any atom is -0.349 e. The molecule has 0 saturated heterocycles. The average Bonchev–Trinajstić information content (AvgIpc) is 2.46. The SMILES string of the molecule is Cc1ccc(S(=O)(=NC(N)=O)Nc2ccc(C(F)(F)F)cc2)cc1. The highest BCUT2D eigenvalue weighted by atomic mass is 32.2. The molecule has 0 saturated carbocycles. The summed E-state index contributed by atoms with van der Waals surface area (Å²) in [6.45, 7) is 1.82. The number of primary amides is 1. The molecule has 2 aromatic rings. The third kappa shape index (κ3) is 4.25. The molecule has 0 heterocycles. The molecule has 24 heavy (non-hydrogen) atoms. The average molecular weight is 357 g/mol. The van der Waals surface area contributed by atoms with Crippen LogP contribution in [0.25, 0.3) is 0 Å². The summed E-state index contributed by atoms with van der Waals surface area (Å²) in [5, 5.41) is 0.